The van der Waals surface area contributed by atoms with Crippen molar-refractivity contribution in [1.82, 2.24) is 9.78 Å². The fourth-order valence-corrected chi connectivity index (χ4v) is 3.18. The Morgan fingerprint density at radius 2 is 1.72 bits per heavy atom. The van der Waals surface area contributed by atoms with E-state index >= 15 is 0 Å². The molecule has 0 spiro atoms. The number of carbonyl (C=O) groups excluding carboxylic acids is 1. The molecule has 3 aromatic carbocycles. The average molecular weight is 441 g/mol. The van der Waals surface area contributed by atoms with Crippen molar-refractivity contribution in [3.63, 3.8) is 0 Å². The van der Waals surface area contributed by atoms with E-state index in [1.54, 1.807) is 18.3 Å². The van der Waals surface area contributed by atoms with Gasteiger partial charge in [0.2, 0.25) is 5.91 Å². The Labute approximate surface area is 183 Å². The van der Waals surface area contributed by atoms with E-state index in [0.29, 0.717) is 5.69 Å². The minimum atomic E-state index is -2.78. The van der Waals surface area contributed by atoms with Crippen LogP contribution in [0.25, 0.3) is 16.6 Å². The third kappa shape index (κ3) is 5.73. The van der Waals surface area contributed by atoms with E-state index in [0.717, 1.165) is 27.7 Å². The average Bonchev–Trinajstić information content (AvgIpc) is 3.22. The summed E-state index contributed by atoms with van der Waals surface area (Å²) >= 11 is 0. The molecule has 5 nitrogen and oxygen atoms in total. The van der Waals surface area contributed by atoms with Crippen molar-refractivity contribution in [3.8, 4) is 5.69 Å². The van der Waals surface area contributed by atoms with Gasteiger partial charge in [0.25, 0.3) is 6.43 Å². The molecule has 4 rings (SSSR count). The molecule has 1 heterocycles. The number of nitrogens with zero attached hydrogens (tertiary/aromatic N) is 2. The number of hydrogen-bond donors (Lipinski definition) is 2. The van der Waals surface area contributed by atoms with Gasteiger partial charge in [-0.1, -0.05) is 36.4 Å². The monoisotopic (exact) mass is 441 g/mol. The molecule has 2 N–H and O–H groups in total. The highest BCUT2D eigenvalue weighted by molar-refractivity contribution is 5.88. The Balaban J connectivity index is 0.000000523. The van der Waals surface area contributed by atoms with Gasteiger partial charge in [0.15, 0.2) is 6.67 Å². The van der Waals surface area contributed by atoms with E-state index in [4.69, 9.17) is 0 Å². The SMILES string of the molecule is CC(=O)Nc1cccc(C(O)c2ccc3c(cnn3-c3ccccc3)c2)c1.FCC(F)F. The molecule has 0 saturated carbocycles. The molecule has 166 valence electrons. The number of halogens is 3. The molecule has 1 atom stereocenters. The summed E-state index contributed by atoms with van der Waals surface area (Å²) in [4.78, 5) is 11.2. The molecule has 1 amide bonds. The summed E-state index contributed by atoms with van der Waals surface area (Å²) in [6.45, 7) is -0.0680. The molecule has 1 unspecified atom stereocenters. The van der Waals surface area contributed by atoms with Crippen LogP contribution >= 0.6 is 0 Å². The van der Waals surface area contributed by atoms with Gasteiger partial charge in [-0.15, -0.1) is 0 Å². The maximum atomic E-state index is 11.2. The standard InChI is InChI=1S/C22H19N3O2.C2H3F3/c1-15(26)24-19-7-5-6-16(13-19)22(27)17-10-11-21-18(12-17)14-23-25(21)20-8-3-2-4-9-20;3-1-2(4)5/h2-14,22,27H,1H3,(H,24,26);2H,1H2. The van der Waals surface area contributed by atoms with Gasteiger partial charge in [0, 0.05) is 18.0 Å². The van der Waals surface area contributed by atoms with Crippen molar-refractivity contribution in [2.45, 2.75) is 19.5 Å². The van der Waals surface area contributed by atoms with Crippen molar-refractivity contribution in [2.24, 2.45) is 0 Å². The highest BCUT2D eigenvalue weighted by atomic mass is 19.3. The van der Waals surface area contributed by atoms with Crippen LogP contribution in [-0.2, 0) is 4.79 Å². The number of para-hydroxylation sites is 1. The lowest BCUT2D eigenvalue weighted by Gasteiger charge is -2.13. The number of rotatable bonds is 5. The van der Waals surface area contributed by atoms with Crippen LogP contribution in [0, 0.1) is 0 Å². The predicted octanol–water partition coefficient (Wildman–Crippen LogP) is 5.29. The van der Waals surface area contributed by atoms with Crippen molar-refractivity contribution in [2.75, 3.05) is 12.0 Å². The lowest BCUT2D eigenvalue weighted by Crippen LogP contribution is -2.07. The van der Waals surface area contributed by atoms with Gasteiger partial charge in [0.05, 0.1) is 17.4 Å². The number of fused-ring (bicyclic) bond motifs is 1. The summed E-state index contributed by atoms with van der Waals surface area (Å²) in [6.07, 6.45) is -1.77. The minimum Gasteiger partial charge on any atom is -0.384 e. The zero-order valence-electron chi connectivity index (χ0n) is 17.3. The summed E-state index contributed by atoms with van der Waals surface area (Å²) in [5, 5.41) is 19.0. The summed E-state index contributed by atoms with van der Waals surface area (Å²) < 4.78 is 33.0. The molecule has 0 bridgehead atoms. The number of aliphatic hydroxyl groups is 1. The molecule has 1 aromatic heterocycles. The van der Waals surface area contributed by atoms with Gasteiger partial charge in [-0.05, 0) is 47.5 Å². The number of aromatic nitrogens is 2. The zero-order chi connectivity index (χ0) is 23.1. The zero-order valence-corrected chi connectivity index (χ0v) is 17.3. The Bertz CT molecular complexity index is 1180. The first-order valence-electron chi connectivity index (χ1n) is 9.82. The third-order valence-corrected chi connectivity index (χ3v) is 4.55. The third-order valence-electron chi connectivity index (χ3n) is 4.55. The minimum absolute atomic E-state index is 0.142. The molecule has 0 fully saturated rings. The van der Waals surface area contributed by atoms with Crippen LogP contribution < -0.4 is 5.32 Å². The van der Waals surface area contributed by atoms with Crippen molar-refractivity contribution < 1.29 is 23.1 Å². The summed E-state index contributed by atoms with van der Waals surface area (Å²) in [5.74, 6) is -0.142. The molecular weight excluding hydrogens is 419 g/mol. The first kappa shape index (κ1) is 23.0. The maximum Gasteiger partial charge on any atom is 0.266 e. The van der Waals surface area contributed by atoms with Crippen LogP contribution in [0.2, 0.25) is 0 Å². The van der Waals surface area contributed by atoms with Crippen LogP contribution in [0.4, 0.5) is 18.9 Å². The highest BCUT2D eigenvalue weighted by Gasteiger charge is 2.13. The highest BCUT2D eigenvalue weighted by Crippen LogP contribution is 2.28. The lowest BCUT2D eigenvalue weighted by molar-refractivity contribution is -0.114. The molecule has 0 aliphatic rings. The molecule has 0 radical (unpaired) electrons. The van der Waals surface area contributed by atoms with Gasteiger partial charge in [-0.3, -0.25) is 4.79 Å². The fraction of sp³-hybridized carbons (Fsp3) is 0.167. The first-order chi connectivity index (χ1) is 15.4. The molecule has 4 aromatic rings. The number of alkyl halides is 3. The van der Waals surface area contributed by atoms with Gasteiger partial charge < -0.3 is 10.4 Å². The normalized spacial score (nSPS) is 11.7. The number of aliphatic hydroxyl groups excluding tert-OH is 1. The van der Waals surface area contributed by atoms with Gasteiger partial charge in [-0.2, -0.15) is 5.10 Å². The number of nitrogens with one attached hydrogen (secondary N) is 1. The second-order valence-corrected chi connectivity index (χ2v) is 6.96. The van der Waals surface area contributed by atoms with Gasteiger partial charge in [-0.25, -0.2) is 17.9 Å². The van der Waals surface area contributed by atoms with E-state index < -0.39 is 19.2 Å². The van der Waals surface area contributed by atoms with Crippen LogP contribution in [0.5, 0.6) is 0 Å². The largest absolute Gasteiger partial charge is 0.384 e. The molecule has 32 heavy (non-hydrogen) atoms. The van der Waals surface area contributed by atoms with Crippen molar-refractivity contribution in [1.29, 1.82) is 0 Å². The quantitative estimate of drug-likeness (QED) is 0.442. The number of anilines is 1. The van der Waals surface area contributed by atoms with Crippen LogP contribution in [-0.4, -0.2) is 33.9 Å². The molecule has 0 aliphatic carbocycles. The lowest BCUT2D eigenvalue weighted by atomic mass is 10.00. The first-order valence-corrected chi connectivity index (χ1v) is 9.82. The van der Waals surface area contributed by atoms with Gasteiger partial charge in [0.1, 0.15) is 6.10 Å². The Hall–Kier alpha value is -3.65. The smallest absolute Gasteiger partial charge is 0.266 e. The van der Waals surface area contributed by atoms with Crippen molar-refractivity contribution >= 4 is 22.5 Å². The van der Waals surface area contributed by atoms with Gasteiger partial charge >= 0.3 is 0 Å². The second kappa shape index (κ2) is 10.6. The van der Waals surface area contributed by atoms with Crippen molar-refractivity contribution in [3.05, 3.63) is 90.1 Å². The fourth-order valence-electron chi connectivity index (χ4n) is 3.18. The number of hydrogen-bond acceptors (Lipinski definition) is 3. The Kier molecular flexibility index (Phi) is 7.62. The number of amides is 1. The van der Waals surface area contributed by atoms with E-state index in [-0.39, 0.29) is 5.91 Å². The molecular formula is C24H22F3N3O2. The van der Waals surface area contributed by atoms with E-state index in [1.807, 2.05) is 65.3 Å². The second-order valence-electron chi connectivity index (χ2n) is 6.96. The van der Waals surface area contributed by atoms with E-state index in [2.05, 4.69) is 10.4 Å². The van der Waals surface area contributed by atoms with Crippen LogP contribution in [0.15, 0.2) is 79.0 Å². The van der Waals surface area contributed by atoms with Crippen LogP contribution in [0.3, 0.4) is 0 Å². The predicted molar refractivity (Wildman–Crippen MR) is 118 cm³/mol. The summed E-state index contributed by atoms with van der Waals surface area (Å²) in [7, 11) is 0. The number of carbonyl (C=O) groups is 1. The molecule has 0 saturated heterocycles. The topological polar surface area (TPSA) is 67.2 Å². The van der Waals surface area contributed by atoms with Crippen LogP contribution in [0.1, 0.15) is 24.2 Å². The van der Waals surface area contributed by atoms with E-state index in [1.165, 1.54) is 6.92 Å². The maximum absolute atomic E-state index is 11.2. The molecule has 0 aliphatic heterocycles. The Morgan fingerprint density at radius 1 is 1.03 bits per heavy atom. The summed E-state index contributed by atoms with van der Waals surface area (Å²) in [6, 6.07) is 23.0. The van der Waals surface area contributed by atoms with E-state index in [9.17, 15) is 23.1 Å². The number of benzene rings is 3. The summed E-state index contributed by atoms with van der Waals surface area (Å²) in [5.41, 5.74) is 4.12. The molecule has 8 heteroatoms. The Morgan fingerprint density at radius 3 is 2.38 bits per heavy atom.